The zero-order chi connectivity index (χ0) is 24.1. The summed E-state index contributed by atoms with van der Waals surface area (Å²) >= 11 is 6.21. The first kappa shape index (κ1) is 23.5. The van der Waals surface area contributed by atoms with E-state index >= 15 is 0 Å². The molecule has 1 amide bonds. The monoisotopic (exact) mass is 495 g/mol. The van der Waals surface area contributed by atoms with E-state index in [0.717, 1.165) is 11.1 Å². The molecule has 0 aliphatic heterocycles. The standard InChI is InChI=1S/C25H22ClN3O4S/c1-18-14-23(25(30)28-34(31,32)22-10-6-3-7-11-22)27-29(18)16-20-15-21(26)12-13-24(20)33-17-19-8-4-2-5-9-19/h2-15H,16-17H2,1H3,(H,28,30). The Balaban J connectivity index is 1.52. The van der Waals surface area contributed by atoms with Crippen molar-refractivity contribution in [1.29, 1.82) is 0 Å². The summed E-state index contributed by atoms with van der Waals surface area (Å²) in [5, 5.41) is 4.85. The molecule has 0 aliphatic rings. The number of hydrogen-bond acceptors (Lipinski definition) is 5. The fraction of sp³-hybridized carbons (Fsp3) is 0.120. The van der Waals surface area contributed by atoms with E-state index in [1.807, 2.05) is 30.3 Å². The number of carbonyl (C=O) groups excluding carboxylic acids is 1. The molecule has 0 spiro atoms. The van der Waals surface area contributed by atoms with E-state index in [-0.39, 0.29) is 17.1 Å². The SMILES string of the molecule is Cc1cc(C(=O)NS(=O)(=O)c2ccccc2)nn1Cc1cc(Cl)ccc1OCc1ccccc1. The van der Waals surface area contributed by atoms with Crippen molar-refractivity contribution in [3.05, 3.63) is 112 Å². The number of ether oxygens (including phenoxy) is 1. The Morgan fingerprint density at radius 2 is 1.68 bits per heavy atom. The number of sulfonamides is 1. The van der Waals surface area contributed by atoms with Crippen molar-refractivity contribution in [2.75, 3.05) is 0 Å². The Hall–Kier alpha value is -3.62. The smallest absolute Gasteiger partial charge is 0.285 e. The quantitative estimate of drug-likeness (QED) is 0.386. The van der Waals surface area contributed by atoms with Crippen LogP contribution >= 0.6 is 11.6 Å². The van der Waals surface area contributed by atoms with Gasteiger partial charge < -0.3 is 4.74 Å². The average molecular weight is 496 g/mol. The Labute approximate surface area is 203 Å². The highest BCUT2D eigenvalue weighted by atomic mass is 35.5. The van der Waals surface area contributed by atoms with Gasteiger partial charge >= 0.3 is 0 Å². The first-order valence-corrected chi connectivity index (χ1v) is 12.3. The number of amides is 1. The molecule has 0 unspecified atom stereocenters. The highest BCUT2D eigenvalue weighted by Gasteiger charge is 2.21. The minimum atomic E-state index is -4.00. The summed E-state index contributed by atoms with van der Waals surface area (Å²) < 4.78 is 34.6. The van der Waals surface area contributed by atoms with Crippen molar-refractivity contribution < 1.29 is 17.9 Å². The summed E-state index contributed by atoms with van der Waals surface area (Å²) in [7, 11) is -4.00. The first-order chi connectivity index (χ1) is 16.3. The maximum atomic E-state index is 12.6. The van der Waals surface area contributed by atoms with Crippen LogP contribution in [0.5, 0.6) is 5.75 Å². The van der Waals surface area contributed by atoms with E-state index < -0.39 is 15.9 Å². The molecule has 0 fully saturated rings. The van der Waals surface area contributed by atoms with Crippen LogP contribution in [0.2, 0.25) is 5.02 Å². The third-order valence-electron chi connectivity index (χ3n) is 5.07. The van der Waals surface area contributed by atoms with E-state index in [0.29, 0.717) is 23.1 Å². The van der Waals surface area contributed by atoms with Gasteiger partial charge in [-0.15, -0.1) is 0 Å². The van der Waals surface area contributed by atoms with Crippen LogP contribution in [0, 0.1) is 6.92 Å². The normalized spacial score (nSPS) is 11.2. The fourth-order valence-corrected chi connectivity index (χ4v) is 4.50. The van der Waals surface area contributed by atoms with Gasteiger partial charge in [0.2, 0.25) is 0 Å². The summed E-state index contributed by atoms with van der Waals surface area (Å²) in [6.07, 6.45) is 0. The summed E-state index contributed by atoms with van der Waals surface area (Å²) in [4.78, 5) is 12.6. The predicted molar refractivity (Wildman–Crippen MR) is 129 cm³/mol. The van der Waals surface area contributed by atoms with Gasteiger partial charge in [-0.25, -0.2) is 13.1 Å². The lowest BCUT2D eigenvalue weighted by Gasteiger charge is -2.13. The first-order valence-electron chi connectivity index (χ1n) is 10.4. The molecule has 174 valence electrons. The third-order valence-corrected chi connectivity index (χ3v) is 6.66. The lowest BCUT2D eigenvalue weighted by Crippen LogP contribution is -2.31. The van der Waals surface area contributed by atoms with Crippen LogP contribution in [0.3, 0.4) is 0 Å². The minimum Gasteiger partial charge on any atom is -0.489 e. The zero-order valence-corrected chi connectivity index (χ0v) is 19.9. The Morgan fingerprint density at radius 3 is 2.38 bits per heavy atom. The van der Waals surface area contributed by atoms with Gasteiger partial charge in [-0.3, -0.25) is 9.48 Å². The number of hydrogen-bond donors (Lipinski definition) is 1. The number of carbonyl (C=O) groups is 1. The van der Waals surface area contributed by atoms with Gasteiger partial charge in [-0.1, -0.05) is 60.1 Å². The molecule has 1 N–H and O–H groups in total. The Kier molecular flexibility index (Phi) is 7.00. The van der Waals surface area contributed by atoms with Crippen LogP contribution in [-0.2, 0) is 23.2 Å². The van der Waals surface area contributed by atoms with E-state index in [2.05, 4.69) is 9.82 Å². The summed E-state index contributed by atoms with van der Waals surface area (Å²) in [6.45, 7) is 2.46. The number of aryl methyl sites for hydroxylation is 1. The molecule has 4 aromatic rings. The lowest BCUT2D eigenvalue weighted by molar-refractivity contribution is 0.0975. The summed E-state index contributed by atoms with van der Waals surface area (Å²) in [5.41, 5.74) is 2.47. The average Bonchev–Trinajstić information content (AvgIpc) is 3.20. The van der Waals surface area contributed by atoms with Gasteiger partial charge in [0.15, 0.2) is 5.69 Å². The molecule has 34 heavy (non-hydrogen) atoms. The van der Waals surface area contributed by atoms with Gasteiger partial charge in [0, 0.05) is 16.3 Å². The number of nitrogens with one attached hydrogen (secondary N) is 1. The Bertz CT molecular complexity index is 1400. The van der Waals surface area contributed by atoms with E-state index in [1.54, 1.807) is 48.0 Å². The molecule has 0 aliphatic carbocycles. The molecule has 3 aromatic carbocycles. The molecule has 1 aromatic heterocycles. The van der Waals surface area contributed by atoms with Crippen molar-refractivity contribution >= 4 is 27.5 Å². The molecule has 0 bridgehead atoms. The second-order valence-electron chi connectivity index (χ2n) is 7.60. The highest BCUT2D eigenvalue weighted by Crippen LogP contribution is 2.25. The van der Waals surface area contributed by atoms with Crippen LogP contribution in [0.4, 0.5) is 0 Å². The van der Waals surface area contributed by atoms with Crippen molar-refractivity contribution in [2.45, 2.75) is 25.0 Å². The molecule has 0 saturated heterocycles. The predicted octanol–water partition coefficient (Wildman–Crippen LogP) is 4.59. The Morgan fingerprint density at radius 1 is 1.00 bits per heavy atom. The van der Waals surface area contributed by atoms with Crippen LogP contribution < -0.4 is 9.46 Å². The molecular formula is C25H22ClN3O4S. The molecule has 0 atom stereocenters. The molecule has 0 saturated carbocycles. The summed E-state index contributed by atoms with van der Waals surface area (Å²) in [5.74, 6) is -0.168. The second kappa shape index (κ2) is 10.1. The fourth-order valence-electron chi connectivity index (χ4n) is 3.32. The molecule has 4 rings (SSSR count). The van der Waals surface area contributed by atoms with Gasteiger partial charge in [0.1, 0.15) is 12.4 Å². The number of rotatable bonds is 8. The minimum absolute atomic E-state index is 0.00126. The second-order valence-corrected chi connectivity index (χ2v) is 9.72. The van der Waals surface area contributed by atoms with Crippen LogP contribution in [-0.4, -0.2) is 24.1 Å². The van der Waals surface area contributed by atoms with Crippen molar-refractivity contribution in [3.63, 3.8) is 0 Å². The molecular weight excluding hydrogens is 474 g/mol. The van der Waals surface area contributed by atoms with Crippen molar-refractivity contribution in [2.24, 2.45) is 0 Å². The maximum absolute atomic E-state index is 12.6. The van der Waals surface area contributed by atoms with Gasteiger partial charge in [0.25, 0.3) is 15.9 Å². The van der Waals surface area contributed by atoms with Crippen LogP contribution in [0.1, 0.15) is 27.3 Å². The zero-order valence-electron chi connectivity index (χ0n) is 18.3. The van der Waals surface area contributed by atoms with Crippen LogP contribution in [0.25, 0.3) is 0 Å². The third kappa shape index (κ3) is 5.65. The van der Waals surface area contributed by atoms with E-state index in [1.165, 1.54) is 18.2 Å². The maximum Gasteiger partial charge on any atom is 0.285 e. The van der Waals surface area contributed by atoms with Crippen molar-refractivity contribution in [3.8, 4) is 5.75 Å². The largest absolute Gasteiger partial charge is 0.489 e. The topological polar surface area (TPSA) is 90.3 Å². The highest BCUT2D eigenvalue weighted by molar-refractivity contribution is 7.90. The molecule has 0 radical (unpaired) electrons. The van der Waals surface area contributed by atoms with E-state index in [9.17, 15) is 13.2 Å². The van der Waals surface area contributed by atoms with Gasteiger partial charge in [-0.05, 0) is 48.9 Å². The van der Waals surface area contributed by atoms with Crippen molar-refractivity contribution in [1.82, 2.24) is 14.5 Å². The molecule has 7 nitrogen and oxygen atoms in total. The molecule has 1 heterocycles. The summed E-state index contributed by atoms with van der Waals surface area (Å²) in [6, 6.07) is 24.3. The lowest BCUT2D eigenvalue weighted by atomic mass is 10.2. The van der Waals surface area contributed by atoms with Gasteiger partial charge in [-0.2, -0.15) is 5.10 Å². The molecule has 9 heteroatoms. The number of aromatic nitrogens is 2. The number of nitrogens with zero attached hydrogens (tertiary/aromatic N) is 2. The number of halogens is 1. The van der Waals surface area contributed by atoms with Gasteiger partial charge in [0.05, 0.1) is 11.4 Å². The van der Waals surface area contributed by atoms with Crippen LogP contribution in [0.15, 0.2) is 89.8 Å². The number of benzene rings is 3. The van der Waals surface area contributed by atoms with E-state index in [4.69, 9.17) is 16.3 Å².